The Kier molecular flexibility index (Phi) is 5.66. The standard InChI is InChI=1S/C24H23N5O2/c1-3-14-31-20-15-29(21-12-13-26-24(25)28-21)19-11-7-10-18(22(19)20)23(30)27-16(2)17-8-5-4-6-9-17/h3-13,15-16H,1,14H2,2H3,(H,27,30)(H2,25,26,28)/t16-/m0/s1. The fourth-order valence-corrected chi connectivity index (χ4v) is 3.49. The second kappa shape index (κ2) is 8.71. The summed E-state index contributed by atoms with van der Waals surface area (Å²) in [6.45, 7) is 5.98. The quantitative estimate of drug-likeness (QED) is 0.446. The Bertz CT molecular complexity index is 1230. The minimum atomic E-state index is -0.189. The van der Waals surface area contributed by atoms with Crippen LogP contribution in [-0.4, -0.2) is 27.0 Å². The van der Waals surface area contributed by atoms with Crippen molar-refractivity contribution in [2.45, 2.75) is 13.0 Å². The lowest BCUT2D eigenvalue weighted by atomic mass is 10.1. The summed E-state index contributed by atoms with van der Waals surface area (Å²) >= 11 is 0. The van der Waals surface area contributed by atoms with Crippen LogP contribution in [0.15, 0.2) is 79.6 Å². The third-order valence-corrected chi connectivity index (χ3v) is 4.95. The molecule has 7 nitrogen and oxygen atoms in total. The molecule has 156 valence electrons. The number of nitrogens with one attached hydrogen (secondary N) is 1. The molecule has 0 fully saturated rings. The third-order valence-electron chi connectivity index (χ3n) is 4.95. The van der Waals surface area contributed by atoms with Gasteiger partial charge in [0.2, 0.25) is 5.95 Å². The molecule has 2 aromatic heterocycles. The van der Waals surface area contributed by atoms with Crippen LogP contribution in [0.25, 0.3) is 16.7 Å². The van der Waals surface area contributed by atoms with Crippen LogP contribution < -0.4 is 15.8 Å². The fraction of sp³-hybridized carbons (Fsp3) is 0.125. The molecule has 0 saturated carbocycles. The molecule has 0 unspecified atom stereocenters. The summed E-state index contributed by atoms with van der Waals surface area (Å²) in [5.41, 5.74) is 8.09. The topological polar surface area (TPSA) is 95.1 Å². The van der Waals surface area contributed by atoms with Crippen LogP contribution in [-0.2, 0) is 0 Å². The summed E-state index contributed by atoms with van der Waals surface area (Å²) < 4.78 is 7.72. The van der Waals surface area contributed by atoms with Crippen LogP contribution in [0.2, 0.25) is 0 Å². The first-order chi connectivity index (χ1) is 15.1. The minimum Gasteiger partial charge on any atom is -0.487 e. The molecule has 1 atom stereocenters. The molecule has 0 bridgehead atoms. The number of hydrogen-bond acceptors (Lipinski definition) is 5. The Morgan fingerprint density at radius 1 is 1.23 bits per heavy atom. The van der Waals surface area contributed by atoms with E-state index in [0.29, 0.717) is 29.1 Å². The van der Waals surface area contributed by atoms with E-state index in [2.05, 4.69) is 21.9 Å². The lowest BCUT2D eigenvalue weighted by Gasteiger charge is -2.15. The predicted octanol–water partition coefficient (Wildman–Crippen LogP) is 4.06. The zero-order chi connectivity index (χ0) is 21.8. The van der Waals surface area contributed by atoms with E-state index in [9.17, 15) is 4.79 Å². The Morgan fingerprint density at radius 2 is 2.03 bits per heavy atom. The summed E-state index contributed by atoms with van der Waals surface area (Å²) in [5.74, 6) is 1.12. The summed E-state index contributed by atoms with van der Waals surface area (Å²) in [7, 11) is 0. The highest BCUT2D eigenvalue weighted by Gasteiger charge is 2.20. The Labute approximate surface area is 180 Å². The lowest BCUT2D eigenvalue weighted by Crippen LogP contribution is -2.26. The van der Waals surface area contributed by atoms with Gasteiger partial charge in [0.25, 0.3) is 5.91 Å². The molecule has 1 amide bonds. The number of rotatable bonds is 7. The second-order valence-corrected chi connectivity index (χ2v) is 7.04. The second-order valence-electron chi connectivity index (χ2n) is 7.04. The highest BCUT2D eigenvalue weighted by molar-refractivity contribution is 6.09. The van der Waals surface area contributed by atoms with Crippen LogP contribution >= 0.6 is 0 Å². The molecule has 2 aromatic carbocycles. The zero-order valence-corrected chi connectivity index (χ0v) is 17.2. The van der Waals surface area contributed by atoms with Crippen LogP contribution in [0.4, 0.5) is 5.95 Å². The van der Waals surface area contributed by atoms with E-state index in [1.807, 2.05) is 54.0 Å². The van der Waals surface area contributed by atoms with E-state index in [-0.39, 0.29) is 17.9 Å². The molecule has 0 saturated heterocycles. The van der Waals surface area contributed by atoms with Gasteiger partial charge in [-0.15, -0.1) is 0 Å². The number of nitrogens with zero attached hydrogens (tertiary/aromatic N) is 3. The van der Waals surface area contributed by atoms with Gasteiger partial charge >= 0.3 is 0 Å². The molecule has 31 heavy (non-hydrogen) atoms. The van der Waals surface area contributed by atoms with Crippen molar-refractivity contribution in [3.05, 3.63) is 90.8 Å². The van der Waals surface area contributed by atoms with Crippen molar-refractivity contribution in [2.75, 3.05) is 12.3 Å². The van der Waals surface area contributed by atoms with E-state index < -0.39 is 0 Å². The first-order valence-corrected chi connectivity index (χ1v) is 9.91. The number of nitrogen functional groups attached to an aromatic ring is 1. The van der Waals surface area contributed by atoms with Gasteiger partial charge in [-0.1, -0.05) is 49.1 Å². The van der Waals surface area contributed by atoms with Gasteiger partial charge in [-0.25, -0.2) is 4.98 Å². The average molecular weight is 413 g/mol. The van der Waals surface area contributed by atoms with Crippen molar-refractivity contribution in [2.24, 2.45) is 0 Å². The minimum absolute atomic E-state index is 0.148. The number of ether oxygens (including phenoxy) is 1. The summed E-state index contributed by atoms with van der Waals surface area (Å²) in [4.78, 5) is 21.5. The van der Waals surface area contributed by atoms with Gasteiger partial charge in [-0.2, -0.15) is 4.98 Å². The van der Waals surface area contributed by atoms with Crippen LogP contribution in [0.1, 0.15) is 28.9 Å². The maximum Gasteiger partial charge on any atom is 0.252 e. The van der Waals surface area contributed by atoms with Gasteiger partial charge in [0.15, 0.2) is 0 Å². The number of amides is 1. The van der Waals surface area contributed by atoms with Gasteiger partial charge in [0.05, 0.1) is 28.7 Å². The van der Waals surface area contributed by atoms with Crippen molar-refractivity contribution >= 4 is 22.8 Å². The van der Waals surface area contributed by atoms with Crippen molar-refractivity contribution < 1.29 is 9.53 Å². The van der Waals surface area contributed by atoms with E-state index in [1.54, 1.807) is 30.6 Å². The maximum atomic E-state index is 13.2. The number of hydrogen-bond donors (Lipinski definition) is 2. The predicted molar refractivity (Wildman–Crippen MR) is 121 cm³/mol. The van der Waals surface area contributed by atoms with E-state index in [4.69, 9.17) is 10.5 Å². The van der Waals surface area contributed by atoms with Crippen LogP contribution in [0.5, 0.6) is 5.75 Å². The monoisotopic (exact) mass is 413 g/mol. The Hall–Kier alpha value is -4.13. The van der Waals surface area contributed by atoms with Crippen molar-refractivity contribution in [3.63, 3.8) is 0 Å². The molecule has 2 heterocycles. The summed E-state index contributed by atoms with van der Waals surface area (Å²) in [5, 5.41) is 3.77. The maximum absolute atomic E-state index is 13.2. The molecular formula is C24H23N5O2. The number of aromatic nitrogens is 3. The first kappa shape index (κ1) is 20.2. The van der Waals surface area contributed by atoms with Gasteiger partial charge < -0.3 is 15.8 Å². The molecule has 0 aliphatic rings. The van der Waals surface area contributed by atoms with Crippen LogP contribution in [0, 0.1) is 0 Å². The lowest BCUT2D eigenvalue weighted by molar-refractivity contribution is 0.0941. The SMILES string of the molecule is C=CCOc1cn(-c2ccnc(N)n2)c2cccc(C(=O)N[C@@H](C)c3ccccc3)c12. The highest BCUT2D eigenvalue weighted by atomic mass is 16.5. The van der Waals surface area contributed by atoms with E-state index >= 15 is 0 Å². The molecule has 0 radical (unpaired) electrons. The first-order valence-electron chi connectivity index (χ1n) is 9.91. The molecule has 7 heteroatoms. The van der Waals surface area contributed by atoms with Gasteiger partial charge in [0, 0.05) is 6.20 Å². The third kappa shape index (κ3) is 4.11. The van der Waals surface area contributed by atoms with Crippen molar-refractivity contribution in [1.29, 1.82) is 0 Å². The van der Waals surface area contributed by atoms with Crippen LogP contribution in [0.3, 0.4) is 0 Å². The molecule has 3 N–H and O–H groups in total. The summed E-state index contributed by atoms with van der Waals surface area (Å²) in [6, 6.07) is 17.0. The Morgan fingerprint density at radius 3 is 2.77 bits per heavy atom. The number of carbonyl (C=O) groups excluding carboxylic acids is 1. The molecule has 4 aromatic rings. The molecule has 0 aliphatic carbocycles. The number of nitrogens with two attached hydrogens (primary N) is 1. The van der Waals surface area contributed by atoms with E-state index in [0.717, 1.165) is 11.1 Å². The normalized spacial score (nSPS) is 11.8. The fourth-order valence-electron chi connectivity index (χ4n) is 3.49. The molecular weight excluding hydrogens is 390 g/mol. The van der Waals surface area contributed by atoms with Gasteiger partial charge in [-0.3, -0.25) is 9.36 Å². The number of benzene rings is 2. The van der Waals surface area contributed by atoms with Gasteiger partial charge in [0.1, 0.15) is 18.2 Å². The number of carbonyl (C=O) groups is 1. The zero-order valence-electron chi connectivity index (χ0n) is 17.2. The summed E-state index contributed by atoms with van der Waals surface area (Å²) in [6.07, 6.45) is 5.05. The molecule has 0 aliphatic heterocycles. The van der Waals surface area contributed by atoms with Crippen molar-refractivity contribution in [1.82, 2.24) is 19.9 Å². The molecule has 0 spiro atoms. The smallest absolute Gasteiger partial charge is 0.252 e. The number of fused-ring (bicyclic) bond motifs is 1. The Balaban J connectivity index is 1.78. The number of anilines is 1. The average Bonchev–Trinajstić information content (AvgIpc) is 3.17. The van der Waals surface area contributed by atoms with Gasteiger partial charge in [-0.05, 0) is 30.7 Å². The highest BCUT2D eigenvalue weighted by Crippen LogP contribution is 2.33. The van der Waals surface area contributed by atoms with E-state index in [1.165, 1.54) is 0 Å². The largest absolute Gasteiger partial charge is 0.487 e. The molecule has 4 rings (SSSR count). The van der Waals surface area contributed by atoms with Crippen molar-refractivity contribution in [3.8, 4) is 11.6 Å².